The molecule has 3 rings (SSSR count). The van der Waals surface area contributed by atoms with Crippen LogP contribution in [0.2, 0.25) is 0 Å². The molecular weight excluding hydrogens is 380 g/mol. The third-order valence-electron chi connectivity index (χ3n) is 4.79. The predicted octanol–water partition coefficient (Wildman–Crippen LogP) is 3.68. The number of thiophene rings is 1. The maximum absolute atomic E-state index is 12.9. The quantitative estimate of drug-likeness (QED) is 0.680. The van der Waals surface area contributed by atoms with Gasteiger partial charge in [0, 0.05) is 19.6 Å². The van der Waals surface area contributed by atoms with Crippen molar-refractivity contribution in [1.29, 1.82) is 0 Å². The molecule has 1 saturated heterocycles. The Morgan fingerprint density at radius 3 is 2.52 bits per heavy atom. The SMILES string of the molecule is O=C(NCCCCc1ccccc1)c1sccc1S(=O)(=O)N1CCCCC1. The number of sulfonamides is 1. The summed E-state index contributed by atoms with van der Waals surface area (Å²) in [7, 11) is -3.58. The Bertz CT molecular complexity index is 841. The molecule has 0 aliphatic carbocycles. The van der Waals surface area contributed by atoms with Crippen LogP contribution in [0.15, 0.2) is 46.7 Å². The zero-order chi connectivity index (χ0) is 19.1. The van der Waals surface area contributed by atoms with Crippen LogP contribution in [0.4, 0.5) is 0 Å². The Labute approximate surface area is 165 Å². The molecule has 0 spiro atoms. The number of carbonyl (C=O) groups is 1. The van der Waals surface area contributed by atoms with Crippen molar-refractivity contribution >= 4 is 27.3 Å². The minimum absolute atomic E-state index is 0.149. The summed E-state index contributed by atoms with van der Waals surface area (Å²) < 4.78 is 27.2. The van der Waals surface area contributed by atoms with Crippen LogP contribution >= 0.6 is 11.3 Å². The number of piperidine rings is 1. The van der Waals surface area contributed by atoms with E-state index in [2.05, 4.69) is 17.4 Å². The first-order valence-electron chi connectivity index (χ1n) is 9.49. The maximum Gasteiger partial charge on any atom is 0.262 e. The fourth-order valence-corrected chi connectivity index (χ4v) is 6.13. The summed E-state index contributed by atoms with van der Waals surface area (Å²) in [5.74, 6) is -0.291. The van der Waals surface area contributed by atoms with Gasteiger partial charge in [0.2, 0.25) is 10.0 Å². The Hall–Kier alpha value is -1.70. The lowest BCUT2D eigenvalue weighted by Crippen LogP contribution is -2.36. The molecule has 0 saturated carbocycles. The highest BCUT2D eigenvalue weighted by atomic mass is 32.2. The lowest BCUT2D eigenvalue weighted by molar-refractivity contribution is 0.0954. The number of nitrogens with zero attached hydrogens (tertiary/aromatic N) is 1. The lowest BCUT2D eigenvalue weighted by Gasteiger charge is -2.25. The third kappa shape index (κ3) is 5.18. The largest absolute Gasteiger partial charge is 0.351 e. The average molecular weight is 407 g/mol. The van der Waals surface area contributed by atoms with Crippen LogP contribution in [-0.2, 0) is 16.4 Å². The van der Waals surface area contributed by atoms with E-state index in [-0.39, 0.29) is 10.8 Å². The number of hydrogen-bond donors (Lipinski definition) is 1. The molecule has 2 aromatic rings. The van der Waals surface area contributed by atoms with Gasteiger partial charge in [-0.2, -0.15) is 4.31 Å². The molecule has 1 aliphatic rings. The molecule has 7 heteroatoms. The van der Waals surface area contributed by atoms with Gasteiger partial charge in [-0.25, -0.2) is 8.42 Å². The van der Waals surface area contributed by atoms with Gasteiger partial charge in [0.05, 0.1) is 0 Å². The van der Waals surface area contributed by atoms with Crippen molar-refractivity contribution in [1.82, 2.24) is 9.62 Å². The summed E-state index contributed by atoms with van der Waals surface area (Å²) >= 11 is 1.19. The highest BCUT2D eigenvalue weighted by Gasteiger charge is 2.30. The molecule has 1 aliphatic heterocycles. The highest BCUT2D eigenvalue weighted by Crippen LogP contribution is 2.27. The molecule has 1 amide bonds. The van der Waals surface area contributed by atoms with Gasteiger partial charge in [0.25, 0.3) is 5.91 Å². The first-order chi connectivity index (χ1) is 13.1. The van der Waals surface area contributed by atoms with E-state index in [1.54, 1.807) is 11.4 Å². The zero-order valence-corrected chi connectivity index (χ0v) is 17.0. The van der Waals surface area contributed by atoms with E-state index in [0.29, 0.717) is 24.5 Å². The van der Waals surface area contributed by atoms with Crippen molar-refractivity contribution in [3.63, 3.8) is 0 Å². The number of rotatable bonds is 8. The lowest BCUT2D eigenvalue weighted by atomic mass is 10.1. The molecule has 1 N–H and O–H groups in total. The monoisotopic (exact) mass is 406 g/mol. The van der Waals surface area contributed by atoms with Gasteiger partial charge < -0.3 is 5.32 Å². The van der Waals surface area contributed by atoms with Crippen molar-refractivity contribution in [2.24, 2.45) is 0 Å². The second-order valence-corrected chi connectivity index (χ2v) is 9.60. The molecule has 0 unspecified atom stereocenters. The summed E-state index contributed by atoms with van der Waals surface area (Å²) in [6, 6.07) is 11.8. The molecule has 2 heterocycles. The predicted molar refractivity (Wildman–Crippen MR) is 109 cm³/mol. The fraction of sp³-hybridized carbons (Fsp3) is 0.450. The van der Waals surface area contributed by atoms with Crippen molar-refractivity contribution in [2.45, 2.75) is 43.4 Å². The smallest absolute Gasteiger partial charge is 0.262 e. The summed E-state index contributed by atoms with van der Waals surface area (Å²) in [6.45, 7) is 1.63. The van der Waals surface area contributed by atoms with Gasteiger partial charge in [-0.1, -0.05) is 36.8 Å². The number of carbonyl (C=O) groups excluding carboxylic acids is 1. The van der Waals surface area contributed by atoms with Crippen LogP contribution < -0.4 is 5.32 Å². The topological polar surface area (TPSA) is 66.5 Å². The van der Waals surface area contributed by atoms with Gasteiger partial charge >= 0.3 is 0 Å². The van der Waals surface area contributed by atoms with Gasteiger partial charge in [0.1, 0.15) is 9.77 Å². The molecule has 146 valence electrons. The van der Waals surface area contributed by atoms with Crippen LogP contribution in [0.5, 0.6) is 0 Å². The summed E-state index contributed by atoms with van der Waals surface area (Å²) in [6.07, 6.45) is 5.64. The van der Waals surface area contributed by atoms with Crippen LogP contribution in [0.1, 0.15) is 47.3 Å². The van der Waals surface area contributed by atoms with E-state index in [4.69, 9.17) is 0 Å². The van der Waals surface area contributed by atoms with E-state index in [1.165, 1.54) is 21.2 Å². The van der Waals surface area contributed by atoms with Crippen molar-refractivity contribution < 1.29 is 13.2 Å². The second kappa shape index (κ2) is 9.48. The van der Waals surface area contributed by atoms with E-state index in [0.717, 1.165) is 38.5 Å². The normalized spacial score (nSPS) is 15.6. The molecule has 0 atom stereocenters. The van der Waals surface area contributed by atoms with Gasteiger partial charge in [-0.05, 0) is 49.1 Å². The number of unbranched alkanes of at least 4 members (excludes halogenated alkanes) is 1. The number of amides is 1. The Morgan fingerprint density at radius 2 is 1.78 bits per heavy atom. The fourth-order valence-electron chi connectivity index (χ4n) is 3.29. The molecular formula is C20H26N2O3S2. The Morgan fingerprint density at radius 1 is 1.04 bits per heavy atom. The summed E-state index contributed by atoms with van der Waals surface area (Å²) in [5, 5.41) is 4.56. The molecule has 0 bridgehead atoms. The standard InChI is InChI=1S/C20H26N2O3S2/c23-20(21-13-6-5-11-17-9-3-1-4-10-17)19-18(12-16-26-19)27(24,25)22-14-7-2-8-15-22/h1,3-4,9-10,12,16H,2,5-8,11,13-15H2,(H,21,23). The second-order valence-electron chi connectivity index (χ2n) is 6.78. The zero-order valence-electron chi connectivity index (χ0n) is 15.4. The van der Waals surface area contributed by atoms with E-state index >= 15 is 0 Å². The minimum Gasteiger partial charge on any atom is -0.351 e. The first-order valence-corrected chi connectivity index (χ1v) is 11.8. The van der Waals surface area contributed by atoms with E-state index in [1.807, 2.05) is 18.2 Å². The molecule has 1 aromatic carbocycles. The van der Waals surface area contributed by atoms with Crippen molar-refractivity contribution in [3.05, 3.63) is 52.2 Å². The molecule has 1 fully saturated rings. The average Bonchev–Trinajstić information content (AvgIpc) is 3.20. The Balaban J connectivity index is 1.53. The van der Waals surface area contributed by atoms with Crippen LogP contribution in [0, 0.1) is 0 Å². The Kier molecular flexibility index (Phi) is 7.04. The van der Waals surface area contributed by atoms with Gasteiger partial charge in [-0.15, -0.1) is 11.3 Å². The van der Waals surface area contributed by atoms with Crippen LogP contribution in [-0.4, -0.2) is 38.3 Å². The van der Waals surface area contributed by atoms with Gasteiger partial charge in [0.15, 0.2) is 0 Å². The van der Waals surface area contributed by atoms with Gasteiger partial charge in [-0.3, -0.25) is 4.79 Å². The van der Waals surface area contributed by atoms with Crippen molar-refractivity contribution in [2.75, 3.05) is 19.6 Å². The molecule has 5 nitrogen and oxygen atoms in total. The highest BCUT2D eigenvalue weighted by molar-refractivity contribution is 7.89. The number of nitrogens with one attached hydrogen (secondary N) is 1. The molecule has 1 aromatic heterocycles. The third-order valence-corrected chi connectivity index (χ3v) is 7.77. The minimum atomic E-state index is -3.58. The number of benzene rings is 1. The van der Waals surface area contributed by atoms with E-state index < -0.39 is 10.0 Å². The molecule has 0 radical (unpaired) electrons. The molecule has 27 heavy (non-hydrogen) atoms. The summed E-state index contributed by atoms with van der Waals surface area (Å²) in [5.41, 5.74) is 1.29. The van der Waals surface area contributed by atoms with E-state index in [9.17, 15) is 13.2 Å². The maximum atomic E-state index is 12.9. The summed E-state index contributed by atoms with van der Waals surface area (Å²) in [4.78, 5) is 12.9. The number of hydrogen-bond acceptors (Lipinski definition) is 4. The van der Waals surface area contributed by atoms with Crippen LogP contribution in [0.25, 0.3) is 0 Å². The first kappa shape index (κ1) is 20.0. The van der Waals surface area contributed by atoms with Crippen molar-refractivity contribution in [3.8, 4) is 0 Å². The van der Waals surface area contributed by atoms with Crippen LogP contribution in [0.3, 0.4) is 0 Å². The number of aryl methyl sites for hydroxylation is 1.